The van der Waals surface area contributed by atoms with Gasteiger partial charge in [0.15, 0.2) is 0 Å². The van der Waals surface area contributed by atoms with E-state index in [1.807, 2.05) is 0 Å². The number of carbonyl (C=O) groups is 1. The van der Waals surface area contributed by atoms with Crippen LogP contribution < -0.4 is 5.32 Å². The Morgan fingerprint density at radius 3 is 2.74 bits per heavy atom. The Morgan fingerprint density at radius 2 is 2.00 bits per heavy atom. The van der Waals surface area contributed by atoms with Gasteiger partial charge >= 0.3 is 0 Å². The quantitative estimate of drug-likeness (QED) is 0.716. The second-order valence-electron chi connectivity index (χ2n) is 5.28. The number of benzene rings is 1. The zero-order chi connectivity index (χ0) is 13.8. The number of rotatable bonds is 2. The number of phenolic OH excluding ortho intramolecular Hbond substituents is 1. The Bertz CT molecular complexity index is 459. The molecule has 2 rings (SSSR count). The van der Waals surface area contributed by atoms with Gasteiger partial charge in [-0.1, -0.05) is 19.3 Å². The van der Waals surface area contributed by atoms with Crippen LogP contribution in [0.2, 0.25) is 0 Å². The van der Waals surface area contributed by atoms with Crippen molar-refractivity contribution in [1.29, 1.82) is 0 Å². The molecule has 0 aromatic heterocycles. The smallest absolute Gasteiger partial charge is 0.251 e. The number of amides is 1. The van der Waals surface area contributed by atoms with Gasteiger partial charge in [-0.2, -0.15) is 0 Å². The summed E-state index contributed by atoms with van der Waals surface area (Å²) in [6.07, 6.45) is 4.29. The molecule has 0 radical (unpaired) electrons. The molecule has 1 aliphatic rings. The Labute approximate surface area is 113 Å². The van der Waals surface area contributed by atoms with Crippen LogP contribution in [0.15, 0.2) is 18.2 Å². The number of nitrogens with one attached hydrogen (secondary N) is 1. The van der Waals surface area contributed by atoms with Gasteiger partial charge in [0.25, 0.3) is 5.91 Å². The van der Waals surface area contributed by atoms with E-state index in [4.69, 9.17) is 0 Å². The molecule has 1 aromatic rings. The minimum absolute atomic E-state index is 0.156. The number of aliphatic hydroxyl groups is 1. The van der Waals surface area contributed by atoms with Gasteiger partial charge < -0.3 is 15.5 Å². The Kier molecular flexibility index (Phi) is 4.43. The van der Waals surface area contributed by atoms with Crippen LogP contribution in [0.4, 0.5) is 0 Å². The summed E-state index contributed by atoms with van der Waals surface area (Å²) in [4.78, 5) is 12.2. The number of aromatic hydroxyl groups is 1. The molecule has 1 saturated carbocycles. The molecule has 0 bridgehead atoms. The first-order chi connectivity index (χ1) is 9.08. The molecular formula is C15H21NO3. The first kappa shape index (κ1) is 13.9. The predicted molar refractivity (Wildman–Crippen MR) is 73.2 cm³/mol. The molecule has 2 atom stereocenters. The second-order valence-corrected chi connectivity index (χ2v) is 5.28. The van der Waals surface area contributed by atoms with Gasteiger partial charge in [0.05, 0.1) is 12.1 Å². The number of hydrogen-bond acceptors (Lipinski definition) is 3. The van der Waals surface area contributed by atoms with Crippen LogP contribution >= 0.6 is 0 Å². The van der Waals surface area contributed by atoms with Crippen molar-refractivity contribution in [3.8, 4) is 5.75 Å². The second kappa shape index (κ2) is 6.06. The van der Waals surface area contributed by atoms with E-state index in [0.717, 1.165) is 37.7 Å². The molecule has 1 aromatic carbocycles. The molecule has 0 saturated heterocycles. The Morgan fingerprint density at radius 1 is 1.26 bits per heavy atom. The molecule has 1 fully saturated rings. The first-order valence-corrected chi connectivity index (χ1v) is 6.86. The van der Waals surface area contributed by atoms with Crippen molar-refractivity contribution in [1.82, 2.24) is 5.32 Å². The molecule has 0 aliphatic heterocycles. The van der Waals surface area contributed by atoms with Crippen LogP contribution in [-0.2, 0) is 0 Å². The summed E-state index contributed by atoms with van der Waals surface area (Å²) >= 11 is 0. The zero-order valence-corrected chi connectivity index (χ0v) is 11.2. The predicted octanol–water partition coefficient (Wildman–Crippen LogP) is 2.12. The fraction of sp³-hybridized carbons (Fsp3) is 0.533. The van der Waals surface area contributed by atoms with Crippen LogP contribution in [-0.4, -0.2) is 28.3 Å². The van der Waals surface area contributed by atoms with E-state index >= 15 is 0 Å². The van der Waals surface area contributed by atoms with Gasteiger partial charge in [-0.15, -0.1) is 0 Å². The summed E-state index contributed by atoms with van der Waals surface area (Å²) < 4.78 is 0. The molecule has 4 nitrogen and oxygen atoms in total. The van der Waals surface area contributed by atoms with E-state index in [2.05, 4.69) is 5.32 Å². The first-order valence-electron chi connectivity index (χ1n) is 6.86. The van der Waals surface area contributed by atoms with E-state index in [9.17, 15) is 15.0 Å². The average Bonchev–Trinajstić information content (AvgIpc) is 2.55. The van der Waals surface area contributed by atoms with Gasteiger partial charge in [0, 0.05) is 5.56 Å². The normalized spacial score (nSPS) is 23.7. The Balaban J connectivity index is 2.07. The molecule has 19 heavy (non-hydrogen) atoms. The molecule has 1 amide bonds. The highest BCUT2D eigenvalue weighted by atomic mass is 16.3. The lowest BCUT2D eigenvalue weighted by Crippen LogP contribution is -2.42. The van der Waals surface area contributed by atoms with E-state index in [1.165, 1.54) is 6.07 Å². The van der Waals surface area contributed by atoms with Crippen LogP contribution in [0, 0.1) is 6.92 Å². The minimum atomic E-state index is -0.455. The number of aliphatic hydroxyl groups excluding tert-OH is 1. The SMILES string of the molecule is Cc1cc(O)ccc1C(=O)NC1CCCCCC1O. The van der Waals surface area contributed by atoms with Crippen molar-refractivity contribution in [2.75, 3.05) is 0 Å². The number of hydrogen-bond donors (Lipinski definition) is 3. The van der Waals surface area contributed by atoms with Gasteiger partial charge in [0.1, 0.15) is 5.75 Å². The van der Waals surface area contributed by atoms with E-state index in [1.54, 1.807) is 19.1 Å². The van der Waals surface area contributed by atoms with E-state index in [-0.39, 0.29) is 17.7 Å². The van der Waals surface area contributed by atoms with Crippen molar-refractivity contribution < 1.29 is 15.0 Å². The molecule has 1 aliphatic carbocycles. The fourth-order valence-electron chi connectivity index (χ4n) is 2.61. The van der Waals surface area contributed by atoms with Crippen molar-refractivity contribution in [3.63, 3.8) is 0 Å². The fourth-order valence-corrected chi connectivity index (χ4v) is 2.61. The minimum Gasteiger partial charge on any atom is -0.508 e. The highest BCUT2D eigenvalue weighted by Crippen LogP contribution is 2.20. The largest absolute Gasteiger partial charge is 0.508 e. The van der Waals surface area contributed by atoms with Crippen LogP contribution in [0.1, 0.15) is 48.0 Å². The van der Waals surface area contributed by atoms with Crippen molar-refractivity contribution in [2.45, 2.75) is 51.2 Å². The third kappa shape index (κ3) is 3.47. The summed E-state index contributed by atoms with van der Waals surface area (Å²) in [6.45, 7) is 1.79. The topological polar surface area (TPSA) is 69.6 Å². The van der Waals surface area contributed by atoms with Crippen LogP contribution in [0.3, 0.4) is 0 Å². The third-order valence-corrected chi connectivity index (χ3v) is 3.75. The standard InChI is InChI=1S/C15H21NO3/c1-10-9-11(17)7-8-12(10)15(19)16-13-5-3-2-4-6-14(13)18/h7-9,13-14,17-18H,2-6H2,1H3,(H,16,19). The lowest BCUT2D eigenvalue weighted by molar-refractivity contribution is 0.0818. The van der Waals surface area contributed by atoms with E-state index < -0.39 is 6.10 Å². The summed E-state index contributed by atoms with van der Waals surface area (Å²) in [7, 11) is 0. The Hall–Kier alpha value is -1.55. The van der Waals surface area contributed by atoms with Gasteiger partial charge in [-0.05, 0) is 43.5 Å². The van der Waals surface area contributed by atoms with Crippen LogP contribution in [0.25, 0.3) is 0 Å². The summed E-state index contributed by atoms with van der Waals surface area (Å²) in [5.41, 5.74) is 1.29. The lowest BCUT2D eigenvalue weighted by atomic mass is 10.0. The van der Waals surface area contributed by atoms with Crippen molar-refractivity contribution >= 4 is 5.91 Å². The van der Waals surface area contributed by atoms with Crippen molar-refractivity contribution in [3.05, 3.63) is 29.3 Å². The monoisotopic (exact) mass is 263 g/mol. The van der Waals surface area contributed by atoms with Gasteiger partial charge in [0.2, 0.25) is 0 Å². The molecule has 0 heterocycles. The van der Waals surface area contributed by atoms with Crippen LogP contribution in [0.5, 0.6) is 5.75 Å². The maximum Gasteiger partial charge on any atom is 0.251 e. The number of carbonyl (C=O) groups excluding carboxylic acids is 1. The molecular weight excluding hydrogens is 242 g/mol. The van der Waals surface area contributed by atoms with Gasteiger partial charge in [-0.25, -0.2) is 0 Å². The summed E-state index contributed by atoms with van der Waals surface area (Å²) in [5.74, 6) is -0.0213. The van der Waals surface area contributed by atoms with Gasteiger partial charge in [-0.3, -0.25) is 4.79 Å². The summed E-state index contributed by atoms with van der Waals surface area (Å²) in [5, 5.41) is 22.3. The van der Waals surface area contributed by atoms with Crippen molar-refractivity contribution in [2.24, 2.45) is 0 Å². The third-order valence-electron chi connectivity index (χ3n) is 3.75. The maximum absolute atomic E-state index is 12.2. The average molecular weight is 263 g/mol. The number of phenols is 1. The number of aryl methyl sites for hydroxylation is 1. The molecule has 2 unspecified atom stereocenters. The lowest BCUT2D eigenvalue weighted by Gasteiger charge is -2.22. The highest BCUT2D eigenvalue weighted by Gasteiger charge is 2.24. The molecule has 104 valence electrons. The molecule has 4 heteroatoms. The van der Waals surface area contributed by atoms with E-state index in [0.29, 0.717) is 5.56 Å². The molecule has 0 spiro atoms. The summed E-state index contributed by atoms with van der Waals surface area (Å²) in [6, 6.07) is 4.52. The zero-order valence-electron chi connectivity index (χ0n) is 11.2. The highest BCUT2D eigenvalue weighted by molar-refractivity contribution is 5.96. The maximum atomic E-state index is 12.2. The molecule has 3 N–H and O–H groups in total.